The Balaban J connectivity index is 3.05. The van der Waals surface area contributed by atoms with Crippen LogP contribution < -0.4 is 0 Å². The van der Waals surface area contributed by atoms with Crippen molar-refractivity contribution in [2.24, 2.45) is 0 Å². The maximum absolute atomic E-state index is 12.1. The normalized spacial score (nSPS) is 10.8. The van der Waals surface area contributed by atoms with E-state index in [-0.39, 0.29) is 0 Å². The minimum Gasteiger partial charge on any atom is -0.355 e. The molecule has 1 aromatic heterocycles. The molecule has 0 aliphatic heterocycles. The molecule has 13 heavy (non-hydrogen) atoms. The van der Waals surface area contributed by atoms with Crippen molar-refractivity contribution in [2.45, 2.75) is 24.5 Å². The molecule has 1 aromatic rings. The Morgan fingerprint density at radius 2 is 2.08 bits per heavy atom. The highest BCUT2D eigenvalue weighted by atomic mass is 32.2. The Morgan fingerprint density at radius 3 is 2.46 bits per heavy atom. The Hall–Kier alpha value is -0.840. The van der Waals surface area contributed by atoms with E-state index in [9.17, 15) is 13.6 Å². The van der Waals surface area contributed by atoms with Gasteiger partial charge in [-0.05, 0) is 19.4 Å². The summed E-state index contributed by atoms with van der Waals surface area (Å²) in [5, 5.41) is 0. The van der Waals surface area contributed by atoms with Gasteiger partial charge in [0.15, 0.2) is 6.29 Å². The highest BCUT2D eigenvalue weighted by Crippen LogP contribution is 2.32. The van der Waals surface area contributed by atoms with Crippen molar-refractivity contribution in [1.82, 2.24) is 4.98 Å². The minimum absolute atomic E-state index is 0.376. The SMILES string of the molecule is Cc1[nH]c(C=O)c(C)c1SC(F)F. The predicted molar refractivity (Wildman–Crippen MR) is 47.5 cm³/mol. The summed E-state index contributed by atoms with van der Waals surface area (Å²) in [7, 11) is 0. The fourth-order valence-corrected chi connectivity index (χ4v) is 1.83. The van der Waals surface area contributed by atoms with Crippen LogP contribution in [0.4, 0.5) is 8.78 Å². The van der Waals surface area contributed by atoms with E-state index < -0.39 is 5.76 Å². The van der Waals surface area contributed by atoms with Gasteiger partial charge in [-0.3, -0.25) is 4.79 Å². The first-order valence-electron chi connectivity index (χ1n) is 3.65. The second-order valence-corrected chi connectivity index (χ2v) is 3.61. The summed E-state index contributed by atoms with van der Waals surface area (Å²) in [5.41, 5.74) is 1.59. The molecule has 0 radical (unpaired) electrons. The molecule has 0 aliphatic carbocycles. The molecular formula is C8H9F2NOS. The standard InChI is InChI=1S/C8H9F2NOS/c1-4-6(3-12)11-5(2)7(4)13-8(9)10/h3,8,11H,1-2H3. The molecule has 0 aromatic carbocycles. The largest absolute Gasteiger partial charge is 0.355 e. The average Bonchev–Trinajstić information content (AvgIpc) is 2.31. The van der Waals surface area contributed by atoms with Gasteiger partial charge < -0.3 is 4.98 Å². The van der Waals surface area contributed by atoms with E-state index in [2.05, 4.69) is 4.98 Å². The second-order valence-electron chi connectivity index (χ2n) is 2.61. The zero-order chi connectivity index (χ0) is 10.0. The number of H-pyrrole nitrogens is 1. The number of aryl methyl sites for hydroxylation is 1. The highest BCUT2D eigenvalue weighted by molar-refractivity contribution is 7.99. The van der Waals surface area contributed by atoms with Crippen LogP contribution >= 0.6 is 11.8 Å². The van der Waals surface area contributed by atoms with Gasteiger partial charge in [-0.15, -0.1) is 0 Å². The van der Waals surface area contributed by atoms with Crippen molar-refractivity contribution in [3.05, 3.63) is 17.0 Å². The molecule has 0 amide bonds. The zero-order valence-electron chi connectivity index (χ0n) is 7.23. The zero-order valence-corrected chi connectivity index (χ0v) is 8.04. The quantitative estimate of drug-likeness (QED) is 0.608. The minimum atomic E-state index is -2.45. The van der Waals surface area contributed by atoms with E-state index in [0.29, 0.717) is 39.9 Å². The number of hydrogen-bond acceptors (Lipinski definition) is 2. The molecule has 1 rings (SSSR count). The van der Waals surface area contributed by atoms with E-state index in [1.165, 1.54) is 0 Å². The smallest absolute Gasteiger partial charge is 0.288 e. The van der Waals surface area contributed by atoms with Crippen molar-refractivity contribution in [1.29, 1.82) is 0 Å². The van der Waals surface area contributed by atoms with Crippen LogP contribution in [0.5, 0.6) is 0 Å². The van der Waals surface area contributed by atoms with Gasteiger partial charge in [0, 0.05) is 10.6 Å². The molecule has 0 saturated heterocycles. The number of alkyl halides is 2. The molecule has 1 N–H and O–H groups in total. The average molecular weight is 205 g/mol. The fourth-order valence-electron chi connectivity index (χ4n) is 1.14. The molecule has 2 nitrogen and oxygen atoms in total. The van der Waals surface area contributed by atoms with Gasteiger partial charge in [0.1, 0.15) is 0 Å². The molecule has 0 bridgehead atoms. The number of rotatable bonds is 3. The Bertz CT molecular complexity index is 322. The third kappa shape index (κ3) is 2.09. The van der Waals surface area contributed by atoms with Gasteiger partial charge >= 0.3 is 0 Å². The van der Waals surface area contributed by atoms with Crippen LogP contribution in [0.2, 0.25) is 0 Å². The molecule has 0 atom stereocenters. The predicted octanol–water partition coefficient (Wildman–Crippen LogP) is 2.76. The van der Waals surface area contributed by atoms with Gasteiger partial charge in [0.2, 0.25) is 0 Å². The number of carbonyl (C=O) groups is 1. The first-order chi connectivity index (χ1) is 6.06. The van der Waals surface area contributed by atoms with Crippen LogP contribution in [0.3, 0.4) is 0 Å². The summed E-state index contributed by atoms with van der Waals surface area (Å²) < 4.78 is 24.1. The van der Waals surface area contributed by atoms with Crippen LogP contribution in [0, 0.1) is 13.8 Å². The second kappa shape index (κ2) is 3.91. The number of halogens is 2. The van der Waals surface area contributed by atoms with Crippen LogP contribution in [0.1, 0.15) is 21.7 Å². The molecular weight excluding hydrogens is 196 g/mol. The molecule has 72 valence electrons. The van der Waals surface area contributed by atoms with Crippen molar-refractivity contribution in [2.75, 3.05) is 0 Å². The first kappa shape index (κ1) is 10.2. The third-order valence-electron chi connectivity index (χ3n) is 1.73. The maximum atomic E-state index is 12.1. The van der Waals surface area contributed by atoms with Crippen LogP contribution in [-0.2, 0) is 0 Å². The summed E-state index contributed by atoms with van der Waals surface area (Å²) in [6.07, 6.45) is 0.637. The summed E-state index contributed by atoms with van der Waals surface area (Å²) in [6, 6.07) is 0. The number of aromatic nitrogens is 1. The summed E-state index contributed by atoms with van der Waals surface area (Å²) in [4.78, 5) is 13.7. The molecule has 1 heterocycles. The number of aldehydes is 1. The van der Waals surface area contributed by atoms with E-state index >= 15 is 0 Å². The molecule has 0 fully saturated rings. The van der Waals surface area contributed by atoms with Crippen LogP contribution in [-0.4, -0.2) is 17.0 Å². The van der Waals surface area contributed by atoms with E-state index in [1.54, 1.807) is 13.8 Å². The fraction of sp³-hybridized carbons (Fsp3) is 0.375. The summed E-state index contributed by atoms with van der Waals surface area (Å²) >= 11 is 0.464. The lowest BCUT2D eigenvalue weighted by Gasteiger charge is -1.99. The maximum Gasteiger partial charge on any atom is 0.288 e. The number of aromatic amines is 1. The van der Waals surface area contributed by atoms with Gasteiger partial charge in [-0.1, -0.05) is 11.8 Å². The molecule has 0 spiro atoms. The lowest BCUT2D eigenvalue weighted by Crippen LogP contribution is -1.85. The van der Waals surface area contributed by atoms with Gasteiger partial charge in [0.25, 0.3) is 5.76 Å². The molecule has 0 unspecified atom stereocenters. The van der Waals surface area contributed by atoms with Crippen molar-refractivity contribution in [3.8, 4) is 0 Å². The van der Waals surface area contributed by atoms with Crippen LogP contribution in [0.25, 0.3) is 0 Å². The number of nitrogens with one attached hydrogen (secondary N) is 1. The Labute approximate surface area is 78.7 Å². The Morgan fingerprint density at radius 1 is 1.46 bits per heavy atom. The van der Waals surface area contributed by atoms with Crippen molar-refractivity contribution in [3.63, 3.8) is 0 Å². The lowest BCUT2D eigenvalue weighted by molar-refractivity contribution is 0.111. The molecule has 0 saturated carbocycles. The van der Waals surface area contributed by atoms with Crippen LogP contribution in [0.15, 0.2) is 4.90 Å². The third-order valence-corrected chi connectivity index (χ3v) is 2.76. The number of carbonyl (C=O) groups excluding carboxylic acids is 1. The van der Waals surface area contributed by atoms with Gasteiger partial charge in [-0.2, -0.15) is 8.78 Å². The lowest BCUT2D eigenvalue weighted by atomic mass is 10.3. The van der Waals surface area contributed by atoms with Gasteiger partial charge in [-0.25, -0.2) is 0 Å². The monoisotopic (exact) mass is 205 g/mol. The van der Waals surface area contributed by atoms with E-state index in [1.807, 2.05) is 0 Å². The van der Waals surface area contributed by atoms with Crippen molar-refractivity contribution < 1.29 is 13.6 Å². The Kier molecular flexibility index (Phi) is 3.08. The van der Waals surface area contributed by atoms with Gasteiger partial charge in [0.05, 0.1) is 5.69 Å². The number of thioether (sulfide) groups is 1. The summed E-state index contributed by atoms with van der Waals surface area (Å²) in [6.45, 7) is 3.32. The highest BCUT2D eigenvalue weighted by Gasteiger charge is 2.15. The number of hydrogen-bond donors (Lipinski definition) is 1. The van der Waals surface area contributed by atoms with Crippen molar-refractivity contribution >= 4 is 18.0 Å². The summed E-state index contributed by atoms with van der Waals surface area (Å²) in [5.74, 6) is -2.45. The molecule has 5 heteroatoms. The first-order valence-corrected chi connectivity index (χ1v) is 4.53. The van der Waals surface area contributed by atoms with E-state index in [4.69, 9.17) is 0 Å². The molecule has 0 aliphatic rings. The topological polar surface area (TPSA) is 32.9 Å². The van der Waals surface area contributed by atoms with E-state index in [0.717, 1.165) is 0 Å².